The Bertz CT molecular complexity index is 791. The second kappa shape index (κ2) is 8.67. The number of aryl methyl sites for hydroxylation is 2. The Balaban J connectivity index is 1.24. The van der Waals surface area contributed by atoms with Crippen LogP contribution in [0.15, 0.2) is 36.4 Å². The first kappa shape index (κ1) is 20.1. The summed E-state index contributed by atoms with van der Waals surface area (Å²) in [7, 11) is 0. The van der Waals surface area contributed by atoms with Gasteiger partial charge < -0.3 is 19.9 Å². The molecule has 29 heavy (non-hydrogen) atoms. The van der Waals surface area contributed by atoms with Gasteiger partial charge in [0.25, 0.3) is 0 Å². The lowest BCUT2D eigenvalue weighted by atomic mass is 9.94. The molecule has 0 saturated carbocycles. The van der Waals surface area contributed by atoms with Gasteiger partial charge in [-0.2, -0.15) is 0 Å². The van der Waals surface area contributed by atoms with E-state index in [-0.39, 0.29) is 23.8 Å². The van der Waals surface area contributed by atoms with E-state index in [4.69, 9.17) is 9.47 Å². The Labute approximate surface area is 169 Å². The van der Waals surface area contributed by atoms with Gasteiger partial charge in [-0.15, -0.1) is 0 Å². The fraction of sp³-hybridized carbons (Fsp3) is 0.478. The van der Waals surface area contributed by atoms with Crippen molar-refractivity contribution in [3.8, 4) is 11.5 Å². The highest BCUT2D eigenvalue weighted by atomic mass is 19.1. The number of benzene rings is 2. The van der Waals surface area contributed by atoms with E-state index >= 15 is 0 Å². The summed E-state index contributed by atoms with van der Waals surface area (Å²) in [5.41, 5.74) is 1.79. The smallest absolute Gasteiger partial charge is 0.139 e. The number of halogens is 2. The van der Waals surface area contributed by atoms with E-state index in [9.17, 15) is 13.9 Å². The predicted molar refractivity (Wildman–Crippen MR) is 105 cm³/mol. The van der Waals surface area contributed by atoms with Crippen LogP contribution in [0.5, 0.6) is 11.5 Å². The van der Waals surface area contributed by atoms with Gasteiger partial charge in [0, 0.05) is 5.92 Å². The molecule has 0 aliphatic carbocycles. The Morgan fingerprint density at radius 3 is 2.10 bits per heavy atom. The minimum absolute atomic E-state index is 0.0917. The van der Waals surface area contributed by atoms with Gasteiger partial charge in [-0.05, 0) is 73.2 Å². The molecule has 0 radical (unpaired) electrons. The zero-order chi connectivity index (χ0) is 20.4. The number of rotatable bonds is 6. The van der Waals surface area contributed by atoms with E-state index in [0.717, 1.165) is 36.3 Å². The van der Waals surface area contributed by atoms with Crippen LogP contribution < -0.4 is 14.8 Å². The molecule has 0 fully saturated rings. The van der Waals surface area contributed by atoms with Crippen molar-refractivity contribution >= 4 is 0 Å². The molecule has 0 bridgehead atoms. The fourth-order valence-electron chi connectivity index (χ4n) is 4.26. The molecule has 0 aromatic heterocycles. The van der Waals surface area contributed by atoms with Crippen LogP contribution in [0.3, 0.4) is 0 Å². The topological polar surface area (TPSA) is 55.3 Å². The van der Waals surface area contributed by atoms with Crippen molar-refractivity contribution < 1.29 is 28.7 Å². The fourth-order valence-corrected chi connectivity index (χ4v) is 4.26. The van der Waals surface area contributed by atoms with Gasteiger partial charge in [-0.25, -0.2) is 8.78 Å². The number of quaternary nitrogens is 1. The quantitative estimate of drug-likeness (QED) is 0.778. The van der Waals surface area contributed by atoms with Gasteiger partial charge in [0.05, 0.1) is 6.54 Å². The van der Waals surface area contributed by atoms with Crippen LogP contribution in [-0.4, -0.2) is 36.5 Å². The number of hydrogen-bond donors (Lipinski definition) is 2. The highest BCUT2D eigenvalue weighted by molar-refractivity contribution is 5.36. The SMILES string of the molecule is C[C@@H](C[NH2+]C[C@H](O)C1CCc2cc(F)ccc2O1)[C@H]1CCc2cc(F)ccc2O1. The van der Waals surface area contributed by atoms with Crippen LogP contribution in [0, 0.1) is 17.6 Å². The molecule has 4 atom stereocenters. The molecule has 4 nitrogen and oxygen atoms in total. The maximum atomic E-state index is 13.3. The molecule has 156 valence electrons. The number of aliphatic hydroxyl groups excluding tert-OH is 1. The largest absolute Gasteiger partial charge is 0.490 e. The molecular formula is C23H28F2NO3+. The van der Waals surface area contributed by atoms with Crippen molar-refractivity contribution in [2.24, 2.45) is 5.92 Å². The summed E-state index contributed by atoms with van der Waals surface area (Å²) < 4.78 is 38.6. The molecule has 1 unspecified atom stereocenters. The van der Waals surface area contributed by atoms with Gasteiger partial charge in [0.2, 0.25) is 0 Å². The standard InChI is InChI=1S/C23H27F2NO3/c1-14(20-6-2-15-10-17(24)4-8-21(15)28-20)12-26-13-19(27)23-7-3-16-11-18(25)5-9-22(16)29-23/h4-5,8-11,14,19-20,23,26-27H,2-3,6-7,12-13H2,1H3/p+1/t14-,19-,20+,23?/m0/s1. The van der Waals surface area contributed by atoms with Crippen LogP contribution in [0.2, 0.25) is 0 Å². The van der Waals surface area contributed by atoms with Crippen molar-refractivity contribution in [2.75, 3.05) is 13.1 Å². The average molecular weight is 404 g/mol. The number of aliphatic hydroxyl groups is 1. The van der Waals surface area contributed by atoms with E-state index in [0.29, 0.717) is 31.1 Å². The lowest BCUT2D eigenvalue weighted by Gasteiger charge is -2.31. The predicted octanol–water partition coefficient (Wildman–Crippen LogP) is 2.61. The van der Waals surface area contributed by atoms with E-state index in [2.05, 4.69) is 12.2 Å². The maximum absolute atomic E-state index is 13.3. The Hall–Kier alpha value is -2.18. The van der Waals surface area contributed by atoms with E-state index in [1.807, 2.05) is 0 Å². The normalized spacial score (nSPS) is 22.6. The zero-order valence-corrected chi connectivity index (χ0v) is 16.6. The van der Waals surface area contributed by atoms with Crippen molar-refractivity contribution in [1.29, 1.82) is 0 Å². The number of fused-ring (bicyclic) bond motifs is 2. The molecule has 0 saturated heterocycles. The molecule has 4 rings (SSSR count). The minimum Gasteiger partial charge on any atom is -0.490 e. The van der Waals surface area contributed by atoms with E-state index in [1.54, 1.807) is 18.2 Å². The summed E-state index contributed by atoms with van der Waals surface area (Å²) in [5.74, 6) is 1.27. The monoisotopic (exact) mass is 404 g/mol. The summed E-state index contributed by atoms with van der Waals surface area (Å²) in [5, 5.41) is 12.6. The molecule has 2 aliphatic heterocycles. The van der Waals surface area contributed by atoms with E-state index in [1.165, 1.54) is 18.2 Å². The highest BCUT2D eigenvalue weighted by Gasteiger charge is 2.29. The molecule has 2 heterocycles. The molecule has 2 aromatic rings. The van der Waals surface area contributed by atoms with Crippen molar-refractivity contribution in [1.82, 2.24) is 0 Å². The summed E-state index contributed by atoms with van der Waals surface area (Å²) >= 11 is 0. The number of hydrogen-bond acceptors (Lipinski definition) is 3. The zero-order valence-electron chi connectivity index (χ0n) is 16.6. The first-order valence-corrected chi connectivity index (χ1v) is 10.4. The number of nitrogens with two attached hydrogens (primary N) is 1. The van der Waals surface area contributed by atoms with Crippen molar-refractivity contribution in [3.05, 3.63) is 59.2 Å². The van der Waals surface area contributed by atoms with Gasteiger partial charge in [-0.1, -0.05) is 6.92 Å². The lowest BCUT2D eigenvalue weighted by Crippen LogP contribution is -2.88. The van der Waals surface area contributed by atoms with Crippen LogP contribution in [0.25, 0.3) is 0 Å². The van der Waals surface area contributed by atoms with Gasteiger partial charge in [0.15, 0.2) is 0 Å². The van der Waals surface area contributed by atoms with Crippen molar-refractivity contribution in [2.45, 2.75) is 50.9 Å². The summed E-state index contributed by atoms with van der Waals surface area (Å²) in [4.78, 5) is 0. The van der Waals surface area contributed by atoms with Gasteiger partial charge in [0.1, 0.15) is 48.0 Å². The molecule has 2 aromatic carbocycles. The van der Waals surface area contributed by atoms with Gasteiger partial charge in [-0.3, -0.25) is 0 Å². The third-order valence-electron chi connectivity index (χ3n) is 6.01. The van der Waals surface area contributed by atoms with Crippen LogP contribution >= 0.6 is 0 Å². The first-order valence-electron chi connectivity index (χ1n) is 10.4. The summed E-state index contributed by atoms with van der Waals surface area (Å²) in [6, 6.07) is 9.22. The molecule has 3 N–H and O–H groups in total. The molecule has 0 spiro atoms. The van der Waals surface area contributed by atoms with Crippen LogP contribution in [0.1, 0.15) is 30.9 Å². The number of ether oxygens (including phenoxy) is 2. The molecule has 2 aliphatic rings. The van der Waals surface area contributed by atoms with Crippen LogP contribution in [0.4, 0.5) is 8.78 Å². The summed E-state index contributed by atoms with van der Waals surface area (Å²) in [6.07, 6.45) is 2.31. The second-order valence-corrected chi connectivity index (χ2v) is 8.20. The molecular weight excluding hydrogens is 376 g/mol. The third kappa shape index (κ3) is 4.70. The van der Waals surface area contributed by atoms with Gasteiger partial charge >= 0.3 is 0 Å². The van der Waals surface area contributed by atoms with Crippen molar-refractivity contribution in [3.63, 3.8) is 0 Å². The Kier molecular flexibility index (Phi) is 6.01. The van der Waals surface area contributed by atoms with E-state index < -0.39 is 6.10 Å². The third-order valence-corrected chi connectivity index (χ3v) is 6.01. The first-order chi connectivity index (χ1) is 14.0. The maximum Gasteiger partial charge on any atom is 0.139 e. The average Bonchev–Trinajstić information content (AvgIpc) is 2.72. The minimum atomic E-state index is -0.587. The Morgan fingerprint density at radius 1 is 0.931 bits per heavy atom. The Morgan fingerprint density at radius 2 is 1.48 bits per heavy atom. The lowest BCUT2D eigenvalue weighted by molar-refractivity contribution is -0.668. The second-order valence-electron chi connectivity index (χ2n) is 8.20. The van der Waals surface area contributed by atoms with Crippen LogP contribution in [-0.2, 0) is 12.8 Å². The molecule has 6 heteroatoms. The summed E-state index contributed by atoms with van der Waals surface area (Å²) in [6.45, 7) is 3.51. The molecule has 0 amide bonds. The highest BCUT2D eigenvalue weighted by Crippen LogP contribution is 2.31.